The maximum absolute atomic E-state index is 14.5. The molecule has 116 valence electrons. The van der Waals surface area contributed by atoms with Gasteiger partial charge in [-0.25, -0.2) is 9.18 Å². The summed E-state index contributed by atoms with van der Waals surface area (Å²) in [5.41, 5.74) is 1.89. The average Bonchev–Trinajstić information content (AvgIpc) is 2.54. The van der Waals surface area contributed by atoms with Crippen molar-refractivity contribution in [1.29, 1.82) is 0 Å². The number of benzene rings is 2. The van der Waals surface area contributed by atoms with E-state index in [0.717, 1.165) is 23.8 Å². The van der Waals surface area contributed by atoms with Gasteiger partial charge in [0, 0.05) is 11.8 Å². The van der Waals surface area contributed by atoms with Crippen LogP contribution in [0.2, 0.25) is 0 Å². The zero-order valence-electron chi connectivity index (χ0n) is 12.7. The van der Waals surface area contributed by atoms with Gasteiger partial charge in [-0.15, -0.1) is 0 Å². The van der Waals surface area contributed by atoms with Crippen LogP contribution in [0.1, 0.15) is 29.3 Å². The zero-order valence-corrected chi connectivity index (χ0v) is 12.7. The van der Waals surface area contributed by atoms with E-state index in [0.29, 0.717) is 10.9 Å². The predicted molar refractivity (Wildman–Crippen MR) is 88.1 cm³/mol. The minimum Gasteiger partial charge on any atom is -0.478 e. The summed E-state index contributed by atoms with van der Waals surface area (Å²) in [6.07, 6.45) is 3.39. The third-order valence-electron chi connectivity index (χ3n) is 3.82. The fourth-order valence-corrected chi connectivity index (χ4v) is 2.71. The van der Waals surface area contributed by atoms with E-state index in [9.17, 15) is 9.18 Å². The van der Waals surface area contributed by atoms with E-state index in [1.165, 1.54) is 6.07 Å². The number of fused-ring (bicyclic) bond motifs is 1. The Morgan fingerprint density at radius 2 is 2.04 bits per heavy atom. The number of carbonyl (C=O) groups is 1. The van der Waals surface area contributed by atoms with Crippen LogP contribution in [-0.2, 0) is 6.42 Å². The molecule has 0 radical (unpaired) electrons. The van der Waals surface area contributed by atoms with E-state index >= 15 is 0 Å². The number of carboxylic acid groups (broad SMARTS) is 1. The molecule has 23 heavy (non-hydrogen) atoms. The highest BCUT2D eigenvalue weighted by atomic mass is 19.1. The second kappa shape index (κ2) is 6.16. The molecular formula is C19H16FNO2. The smallest absolute Gasteiger partial charge is 0.335 e. The summed E-state index contributed by atoms with van der Waals surface area (Å²) in [7, 11) is 0. The molecule has 2 aromatic carbocycles. The molecule has 3 aromatic rings. The molecule has 0 fully saturated rings. The summed E-state index contributed by atoms with van der Waals surface area (Å²) in [6.45, 7) is 2.03. The number of pyridine rings is 1. The molecule has 0 atom stereocenters. The summed E-state index contributed by atoms with van der Waals surface area (Å²) in [4.78, 5) is 15.5. The van der Waals surface area contributed by atoms with Gasteiger partial charge in [0.05, 0.1) is 5.56 Å². The van der Waals surface area contributed by atoms with Gasteiger partial charge >= 0.3 is 5.97 Å². The quantitative estimate of drug-likeness (QED) is 0.760. The van der Waals surface area contributed by atoms with Crippen LogP contribution in [0.15, 0.2) is 48.7 Å². The Morgan fingerprint density at radius 3 is 2.74 bits per heavy atom. The lowest BCUT2D eigenvalue weighted by Crippen LogP contribution is -1.97. The maximum Gasteiger partial charge on any atom is 0.335 e. The molecule has 0 unspecified atom stereocenters. The highest BCUT2D eigenvalue weighted by Gasteiger charge is 2.13. The molecule has 4 heteroatoms. The monoisotopic (exact) mass is 309 g/mol. The molecule has 0 aliphatic carbocycles. The molecule has 1 aromatic heterocycles. The van der Waals surface area contributed by atoms with Gasteiger partial charge in [-0.3, -0.25) is 4.98 Å². The third-order valence-corrected chi connectivity index (χ3v) is 3.82. The summed E-state index contributed by atoms with van der Waals surface area (Å²) in [5, 5.41) is 10.7. The van der Waals surface area contributed by atoms with E-state index in [4.69, 9.17) is 5.11 Å². The Kier molecular flexibility index (Phi) is 4.06. The Labute approximate surface area is 133 Å². The lowest BCUT2D eigenvalue weighted by molar-refractivity contribution is 0.0697. The van der Waals surface area contributed by atoms with Crippen molar-refractivity contribution in [2.45, 2.75) is 19.8 Å². The van der Waals surface area contributed by atoms with Crippen molar-refractivity contribution in [3.8, 4) is 11.3 Å². The molecule has 1 heterocycles. The topological polar surface area (TPSA) is 50.2 Å². The van der Waals surface area contributed by atoms with E-state index in [-0.39, 0.29) is 17.1 Å². The molecule has 0 aliphatic rings. The van der Waals surface area contributed by atoms with Gasteiger partial charge in [0.25, 0.3) is 0 Å². The van der Waals surface area contributed by atoms with E-state index < -0.39 is 5.97 Å². The molecular weight excluding hydrogens is 293 g/mol. The largest absolute Gasteiger partial charge is 0.478 e. The van der Waals surface area contributed by atoms with Gasteiger partial charge in [-0.05, 0) is 41.0 Å². The second-order valence-corrected chi connectivity index (χ2v) is 5.47. The number of hydrogen-bond donors (Lipinski definition) is 1. The standard InChI is InChI=1S/C19H16FNO2/c1-2-4-12-9-17(20)18(21-11-12)15-6-3-5-13-7-8-14(19(22)23)10-16(13)15/h3,5-11H,2,4H2,1H3,(H,22,23). The Balaban J connectivity index is 2.19. The minimum absolute atomic E-state index is 0.174. The Morgan fingerprint density at radius 1 is 1.22 bits per heavy atom. The SMILES string of the molecule is CCCc1cnc(-c2cccc3ccc(C(=O)O)cc23)c(F)c1. The van der Waals surface area contributed by atoms with Gasteiger partial charge in [0.1, 0.15) is 11.5 Å². The van der Waals surface area contributed by atoms with Crippen LogP contribution in [0, 0.1) is 5.82 Å². The zero-order chi connectivity index (χ0) is 16.4. The van der Waals surface area contributed by atoms with Crippen molar-refractivity contribution in [2.75, 3.05) is 0 Å². The molecule has 0 amide bonds. The molecule has 1 N–H and O–H groups in total. The van der Waals surface area contributed by atoms with Crippen LogP contribution in [-0.4, -0.2) is 16.1 Å². The van der Waals surface area contributed by atoms with E-state index in [2.05, 4.69) is 4.98 Å². The van der Waals surface area contributed by atoms with Crippen LogP contribution in [0.25, 0.3) is 22.0 Å². The number of carboxylic acids is 1. The van der Waals surface area contributed by atoms with Crippen LogP contribution in [0.5, 0.6) is 0 Å². The highest BCUT2D eigenvalue weighted by Crippen LogP contribution is 2.30. The number of rotatable bonds is 4. The molecule has 0 bridgehead atoms. The highest BCUT2D eigenvalue weighted by molar-refractivity contribution is 6.00. The van der Waals surface area contributed by atoms with Gasteiger partial charge < -0.3 is 5.11 Å². The number of nitrogens with zero attached hydrogens (tertiary/aromatic N) is 1. The maximum atomic E-state index is 14.5. The first kappa shape index (κ1) is 15.2. The lowest BCUT2D eigenvalue weighted by Gasteiger charge is -2.09. The van der Waals surface area contributed by atoms with E-state index in [1.807, 2.05) is 19.1 Å². The minimum atomic E-state index is -1.01. The molecule has 0 spiro atoms. The molecule has 3 nitrogen and oxygen atoms in total. The summed E-state index contributed by atoms with van der Waals surface area (Å²) in [6, 6.07) is 11.8. The Hall–Kier alpha value is -2.75. The molecule has 0 saturated carbocycles. The molecule has 0 saturated heterocycles. The van der Waals surface area contributed by atoms with Crippen LogP contribution >= 0.6 is 0 Å². The van der Waals surface area contributed by atoms with Crippen molar-refractivity contribution in [3.63, 3.8) is 0 Å². The van der Waals surface area contributed by atoms with Gasteiger partial charge in [-0.2, -0.15) is 0 Å². The molecule has 0 aliphatic heterocycles. The molecule has 3 rings (SSSR count). The van der Waals surface area contributed by atoms with Gasteiger partial charge in [-0.1, -0.05) is 37.6 Å². The van der Waals surface area contributed by atoms with Crippen LogP contribution in [0.4, 0.5) is 4.39 Å². The van der Waals surface area contributed by atoms with Crippen molar-refractivity contribution in [3.05, 3.63) is 65.6 Å². The predicted octanol–water partition coefficient (Wildman–Crippen LogP) is 4.69. The first-order chi connectivity index (χ1) is 11.1. The first-order valence-electron chi connectivity index (χ1n) is 7.51. The van der Waals surface area contributed by atoms with Crippen LogP contribution in [0.3, 0.4) is 0 Å². The fraction of sp³-hybridized carbons (Fsp3) is 0.158. The number of halogens is 1. The Bertz CT molecular complexity index is 890. The van der Waals surface area contributed by atoms with Crippen molar-refractivity contribution < 1.29 is 14.3 Å². The normalized spacial score (nSPS) is 10.9. The number of aromatic carboxylic acids is 1. The first-order valence-corrected chi connectivity index (χ1v) is 7.51. The van der Waals surface area contributed by atoms with Crippen LogP contribution < -0.4 is 0 Å². The fourth-order valence-electron chi connectivity index (χ4n) is 2.71. The number of hydrogen-bond acceptors (Lipinski definition) is 2. The number of aryl methyl sites for hydroxylation is 1. The average molecular weight is 309 g/mol. The third kappa shape index (κ3) is 2.93. The van der Waals surface area contributed by atoms with Crippen molar-refractivity contribution in [1.82, 2.24) is 4.98 Å². The van der Waals surface area contributed by atoms with Crippen molar-refractivity contribution >= 4 is 16.7 Å². The lowest BCUT2D eigenvalue weighted by atomic mass is 9.99. The van der Waals surface area contributed by atoms with Gasteiger partial charge in [0.15, 0.2) is 0 Å². The summed E-state index contributed by atoms with van der Waals surface area (Å²) >= 11 is 0. The van der Waals surface area contributed by atoms with E-state index in [1.54, 1.807) is 30.5 Å². The summed E-state index contributed by atoms with van der Waals surface area (Å²) in [5.74, 6) is -1.39. The van der Waals surface area contributed by atoms with Crippen molar-refractivity contribution in [2.24, 2.45) is 0 Å². The summed E-state index contributed by atoms with van der Waals surface area (Å²) < 4.78 is 14.5. The van der Waals surface area contributed by atoms with Gasteiger partial charge in [0.2, 0.25) is 0 Å². The second-order valence-electron chi connectivity index (χ2n) is 5.47. The number of aromatic nitrogens is 1.